The number of carbonyl (C=O) groups is 1. The fourth-order valence-corrected chi connectivity index (χ4v) is 2.61. The summed E-state index contributed by atoms with van der Waals surface area (Å²) in [5, 5.41) is 0. The molecule has 2 nitrogen and oxygen atoms in total. The minimum Gasteiger partial charge on any atom is -0.343 e. The molecule has 17 heavy (non-hydrogen) atoms. The molecule has 1 saturated carbocycles. The Balaban J connectivity index is 2.31. The number of hydrogen-bond donors (Lipinski definition) is 0. The second kappa shape index (κ2) is 6.23. The van der Waals surface area contributed by atoms with Crippen molar-refractivity contribution in [2.24, 2.45) is 11.3 Å². The highest BCUT2D eigenvalue weighted by molar-refractivity contribution is 5.73. The molecule has 2 heteroatoms. The standard InChI is InChI=1S/C15H27NO/c1-5-7-8-9-10-14-11-15(14,4)12-16(6-2)13(3)17/h7-8,14H,5-6,9-12H2,1-4H3/b8-7-. The molecule has 0 bridgehead atoms. The van der Waals surface area contributed by atoms with Gasteiger partial charge in [0.2, 0.25) is 5.91 Å². The van der Waals surface area contributed by atoms with Crippen molar-refractivity contribution < 1.29 is 4.79 Å². The Morgan fingerprint density at radius 2 is 2.12 bits per heavy atom. The maximum Gasteiger partial charge on any atom is 0.219 e. The first-order chi connectivity index (χ1) is 8.03. The van der Waals surface area contributed by atoms with Crippen molar-refractivity contribution in [1.29, 1.82) is 0 Å². The third-order valence-corrected chi connectivity index (χ3v) is 4.00. The first kappa shape index (κ1) is 14.3. The zero-order chi connectivity index (χ0) is 12.9. The van der Waals surface area contributed by atoms with Gasteiger partial charge < -0.3 is 4.90 Å². The normalized spacial score (nSPS) is 27.4. The van der Waals surface area contributed by atoms with Crippen LogP contribution in [-0.4, -0.2) is 23.9 Å². The third-order valence-electron chi connectivity index (χ3n) is 4.00. The summed E-state index contributed by atoms with van der Waals surface area (Å²) in [6.07, 6.45) is 9.43. The van der Waals surface area contributed by atoms with Crippen LogP contribution in [0.3, 0.4) is 0 Å². The van der Waals surface area contributed by atoms with E-state index in [1.165, 1.54) is 19.3 Å². The summed E-state index contributed by atoms with van der Waals surface area (Å²) < 4.78 is 0. The molecule has 1 fully saturated rings. The molecule has 98 valence electrons. The second-order valence-corrected chi connectivity index (χ2v) is 5.55. The van der Waals surface area contributed by atoms with Gasteiger partial charge in [-0.1, -0.05) is 26.0 Å². The van der Waals surface area contributed by atoms with Crippen LogP contribution >= 0.6 is 0 Å². The van der Waals surface area contributed by atoms with Crippen LogP contribution in [0.15, 0.2) is 12.2 Å². The van der Waals surface area contributed by atoms with Gasteiger partial charge >= 0.3 is 0 Å². The zero-order valence-electron chi connectivity index (χ0n) is 11.8. The van der Waals surface area contributed by atoms with Gasteiger partial charge in [0, 0.05) is 20.0 Å². The van der Waals surface area contributed by atoms with E-state index in [2.05, 4.69) is 32.9 Å². The molecule has 0 aromatic carbocycles. The van der Waals surface area contributed by atoms with E-state index in [0.717, 1.165) is 25.4 Å². The molecule has 0 radical (unpaired) electrons. The van der Waals surface area contributed by atoms with E-state index in [9.17, 15) is 4.79 Å². The van der Waals surface area contributed by atoms with Crippen molar-refractivity contribution in [3.05, 3.63) is 12.2 Å². The van der Waals surface area contributed by atoms with Crippen LogP contribution < -0.4 is 0 Å². The Morgan fingerprint density at radius 3 is 2.65 bits per heavy atom. The van der Waals surface area contributed by atoms with Crippen LogP contribution in [0.4, 0.5) is 0 Å². The van der Waals surface area contributed by atoms with E-state index < -0.39 is 0 Å². The van der Waals surface area contributed by atoms with Crippen molar-refractivity contribution in [2.45, 2.75) is 53.4 Å². The van der Waals surface area contributed by atoms with Gasteiger partial charge in [0.05, 0.1) is 0 Å². The molecule has 2 unspecified atom stereocenters. The van der Waals surface area contributed by atoms with Crippen molar-refractivity contribution in [3.8, 4) is 0 Å². The highest BCUT2D eigenvalue weighted by atomic mass is 16.2. The van der Waals surface area contributed by atoms with E-state index in [1.807, 2.05) is 4.90 Å². The van der Waals surface area contributed by atoms with Gasteiger partial charge in [-0.15, -0.1) is 0 Å². The van der Waals surface area contributed by atoms with Gasteiger partial charge in [-0.25, -0.2) is 0 Å². The molecule has 1 rings (SSSR count). The first-order valence-corrected chi connectivity index (χ1v) is 6.94. The Hall–Kier alpha value is -0.790. The number of allylic oxidation sites excluding steroid dienone is 2. The highest BCUT2D eigenvalue weighted by Gasteiger charge is 2.49. The van der Waals surface area contributed by atoms with Crippen molar-refractivity contribution >= 4 is 5.91 Å². The fourth-order valence-electron chi connectivity index (χ4n) is 2.61. The SMILES string of the molecule is CC/C=C\CCC1CC1(C)CN(CC)C(C)=O. The molecule has 1 amide bonds. The minimum atomic E-state index is 0.213. The number of carbonyl (C=O) groups excluding carboxylic acids is 1. The Kier molecular flexibility index (Phi) is 5.23. The number of hydrogen-bond acceptors (Lipinski definition) is 1. The molecular formula is C15H27NO. The Labute approximate surface area is 106 Å². The molecule has 0 saturated heterocycles. The Bertz CT molecular complexity index is 285. The maximum absolute atomic E-state index is 11.4. The molecule has 0 aromatic rings. The fraction of sp³-hybridized carbons (Fsp3) is 0.800. The second-order valence-electron chi connectivity index (χ2n) is 5.55. The van der Waals surface area contributed by atoms with Crippen LogP contribution in [0.1, 0.15) is 53.4 Å². The van der Waals surface area contributed by atoms with E-state index in [4.69, 9.17) is 0 Å². The predicted molar refractivity (Wildman–Crippen MR) is 72.8 cm³/mol. The summed E-state index contributed by atoms with van der Waals surface area (Å²) in [6, 6.07) is 0. The summed E-state index contributed by atoms with van der Waals surface area (Å²) >= 11 is 0. The van der Waals surface area contributed by atoms with Gasteiger partial charge in [0.1, 0.15) is 0 Å². The zero-order valence-corrected chi connectivity index (χ0v) is 11.8. The number of rotatable bonds is 7. The van der Waals surface area contributed by atoms with Gasteiger partial charge in [-0.05, 0) is 43.9 Å². The summed E-state index contributed by atoms with van der Waals surface area (Å²) in [5.41, 5.74) is 0.391. The lowest BCUT2D eigenvalue weighted by Gasteiger charge is -2.23. The molecule has 1 aliphatic carbocycles. The van der Waals surface area contributed by atoms with Crippen LogP contribution in [-0.2, 0) is 4.79 Å². The molecular weight excluding hydrogens is 210 g/mol. The molecule has 0 heterocycles. The lowest BCUT2D eigenvalue weighted by Crippen LogP contribution is -2.34. The molecule has 0 N–H and O–H groups in total. The van der Waals surface area contributed by atoms with Gasteiger partial charge in [0.25, 0.3) is 0 Å². The lowest BCUT2D eigenvalue weighted by molar-refractivity contribution is -0.129. The van der Waals surface area contributed by atoms with Gasteiger partial charge in [-0.3, -0.25) is 4.79 Å². The topological polar surface area (TPSA) is 20.3 Å². The smallest absolute Gasteiger partial charge is 0.219 e. The highest BCUT2D eigenvalue weighted by Crippen LogP contribution is 2.55. The van der Waals surface area contributed by atoms with Crippen molar-refractivity contribution in [2.75, 3.05) is 13.1 Å². The number of amides is 1. The molecule has 2 atom stereocenters. The predicted octanol–water partition coefficient (Wildman–Crippen LogP) is 3.63. The van der Waals surface area contributed by atoms with Crippen LogP contribution in [0.2, 0.25) is 0 Å². The first-order valence-electron chi connectivity index (χ1n) is 6.94. The molecule has 0 spiro atoms. The molecule has 0 aliphatic heterocycles. The summed E-state index contributed by atoms with van der Waals surface area (Å²) in [5.74, 6) is 1.03. The average molecular weight is 237 g/mol. The lowest BCUT2D eigenvalue weighted by atomic mass is 10.0. The van der Waals surface area contributed by atoms with Gasteiger partial charge in [0.15, 0.2) is 0 Å². The van der Waals surface area contributed by atoms with E-state index in [-0.39, 0.29) is 5.91 Å². The van der Waals surface area contributed by atoms with E-state index in [1.54, 1.807) is 6.92 Å². The van der Waals surface area contributed by atoms with Gasteiger partial charge in [-0.2, -0.15) is 0 Å². The average Bonchev–Trinajstić information content (AvgIpc) is 2.92. The van der Waals surface area contributed by atoms with E-state index in [0.29, 0.717) is 5.41 Å². The number of nitrogens with zero attached hydrogens (tertiary/aromatic N) is 1. The van der Waals surface area contributed by atoms with E-state index >= 15 is 0 Å². The van der Waals surface area contributed by atoms with Crippen LogP contribution in [0.25, 0.3) is 0 Å². The molecule has 0 aromatic heterocycles. The Morgan fingerprint density at radius 1 is 1.41 bits per heavy atom. The largest absolute Gasteiger partial charge is 0.343 e. The quantitative estimate of drug-likeness (QED) is 0.619. The van der Waals surface area contributed by atoms with Crippen LogP contribution in [0.5, 0.6) is 0 Å². The maximum atomic E-state index is 11.4. The monoisotopic (exact) mass is 237 g/mol. The minimum absolute atomic E-state index is 0.213. The van der Waals surface area contributed by atoms with Crippen LogP contribution in [0, 0.1) is 11.3 Å². The summed E-state index contributed by atoms with van der Waals surface area (Å²) in [4.78, 5) is 13.4. The molecule has 1 aliphatic rings. The summed E-state index contributed by atoms with van der Waals surface area (Å²) in [7, 11) is 0. The summed E-state index contributed by atoms with van der Waals surface area (Å²) in [6.45, 7) is 10.0. The van der Waals surface area contributed by atoms with Crippen molar-refractivity contribution in [3.63, 3.8) is 0 Å². The third kappa shape index (κ3) is 4.18. The van der Waals surface area contributed by atoms with Crippen molar-refractivity contribution in [1.82, 2.24) is 4.90 Å².